The van der Waals surface area contributed by atoms with E-state index in [1.54, 1.807) is 30.0 Å². The van der Waals surface area contributed by atoms with Crippen molar-refractivity contribution in [3.8, 4) is 5.75 Å². The highest BCUT2D eigenvalue weighted by molar-refractivity contribution is 7.89. The summed E-state index contributed by atoms with van der Waals surface area (Å²) in [7, 11) is -3.86. The van der Waals surface area contributed by atoms with Crippen molar-refractivity contribution in [3.05, 3.63) is 58.1 Å². The molecule has 1 saturated heterocycles. The highest BCUT2D eigenvalue weighted by atomic mass is 35.5. The molecule has 3 rings (SSSR count). The molecule has 32 heavy (non-hydrogen) atoms. The van der Waals surface area contributed by atoms with Crippen molar-refractivity contribution in [1.29, 1.82) is 0 Å². The molecule has 1 heterocycles. The summed E-state index contributed by atoms with van der Waals surface area (Å²) in [6.45, 7) is 2.18. The van der Waals surface area contributed by atoms with Gasteiger partial charge in [0.25, 0.3) is 5.91 Å². The molecular formula is C22H24Cl2N2O5S. The van der Waals surface area contributed by atoms with Gasteiger partial charge in [0.05, 0.1) is 10.0 Å². The fraction of sp³-hybridized carbons (Fsp3) is 0.364. The predicted octanol–water partition coefficient (Wildman–Crippen LogP) is 3.43. The van der Waals surface area contributed by atoms with Crippen LogP contribution < -0.4 is 4.74 Å². The van der Waals surface area contributed by atoms with E-state index in [9.17, 15) is 18.0 Å². The monoisotopic (exact) mass is 498 g/mol. The number of halogens is 2. The average molecular weight is 499 g/mol. The summed E-state index contributed by atoms with van der Waals surface area (Å²) in [5.74, 6) is 0.469. The van der Waals surface area contributed by atoms with Gasteiger partial charge in [-0.05, 0) is 43.2 Å². The molecule has 0 spiro atoms. The Morgan fingerprint density at radius 3 is 2.12 bits per heavy atom. The average Bonchev–Trinajstić information content (AvgIpc) is 2.76. The van der Waals surface area contributed by atoms with Gasteiger partial charge in [-0.1, -0.05) is 41.4 Å². The van der Waals surface area contributed by atoms with Crippen LogP contribution in [0.2, 0.25) is 10.0 Å². The molecule has 2 aromatic rings. The second-order valence-corrected chi connectivity index (χ2v) is 10.2. The first-order valence-electron chi connectivity index (χ1n) is 10.1. The van der Waals surface area contributed by atoms with Gasteiger partial charge >= 0.3 is 0 Å². The largest absolute Gasteiger partial charge is 0.484 e. The van der Waals surface area contributed by atoms with Crippen LogP contribution in [0.25, 0.3) is 0 Å². The Bertz CT molecular complexity index is 1060. The molecule has 172 valence electrons. The number of carbonyl (C=O) groups is 2. The third-order valence-electron chi connectivity index (χ3n) is 5.16. The zero-order valence-electron chi connectivity index (χ0n) is 17.6. The first-order valence-corrected chi connectivity index (χ1v) is 12.3. The molecule has 0 aromatic heterocycles. The Hall–Kier alpha value is -2.13. The van der Waals surface area contributed by atoms with Gasteiger partial charge in [0.2, 0.25) is 10.0 Å². The fourth-order valence-electron chi connectivity index (χ4n) is 3.34. The number of piperazine rings is 1. The summed E-state index contributed by atoms with van der Waals surface area (Å²) in [4.78, 5) is 25.0. The summed E-state index contributed by atoms with van der Waals surface area (Å²) in [6.07, 6.45) is 1.16. The van der Waals surface area contributed by atoms with Gasteiger partial charge in [-0.3, -0.25) is 4.79 Å². The molecule has 1 aliphatic heterocycles. The Labute approximate surface area is 197 Å². The highest BCUT2D eigenvalue weighted by Crippen LogP contribution is 2.31. The molecule has 0 aliphatic carbocycles. The molecule has 0 bridgehead atoms. The first-order chi connectivity index (χ1) is 15.2. The molecule has 1 aliphatic rings. The van der Waals surface area contributed by atoms with Crippen LogP contribution in [0.4, 0.5) is 0 Å². The normalized spacial score (nSPS) is 14.9. The number of rotatable bonds is 8. The van der Waals surface area contributed by atoms with E-state index in [2.05, 4.69) is 0 Å². The number of nitrogens with zero attached hydrogens (tertiary/aromatic N) is 2. The van der Waals surface area contributed by atoms with Crippen LogP contribution in [0.5, 0.6) is 5.75 Å². The van der Waals surface area contributed by atoms with Gasteiger partial charge in [0.15, 0.2) is 6.61 Å². The van der Waals surface area contributed by atoms with Crippen molar-refractivity contribution < 1.29 is 22.7 Å². The first kappa shape index (κ1) is 24.5. The van der Waals surface area contributed by atoms with Crippen LogP contribution in [0.1, 0.15) is 18.9 Å². The molecule has 7 nitrogen and oxygen atoms in total. The summed E-state index contributed by atoms with van der Waals surface area (Å²) in [5, 5.41) is 0.133. The molecule has 1 amide bonds. The maximum absolute atomic E-state index is 12.9. The zero-order valence-corrected chi connectivity index (χ0v) is 19.9. The second kappa shape index (κ2) is 10.7. The standard InChI is InChI=1S/C22H24Cl2N2O5S/c1-16(27)5-6-17-7-9-18(10-8-17)31-15-21(28)25-11-13-26(14-12-25)32(29,30)22-19(23)3-2-4-20(22)24/h2-4,7-10H,5-6,11-15H2,1H3. The van der Waals surface area contributed by atoms with Gasteiger partial charge in [0, 0.05) is 32.6 Å². The van der Waals surface area contributed by atoms with Crippen LogP contribution in [0.3, 0.4) is 0 Å². The van der Waals surface area contributed by atoms with Gasteiger partial charge < -0.3 is 14.4 Å². The minimum atomic E-state index is -3.86. The number of ketones is 1. The van der Waals surface area contributed by atoms with E-state index in [-0.39, 0.29) is 59.4 Å². The zero-order chi connectivity index (χ0) is 23.3. The highest BCUT2D eigenvalue weighted by Gasteiger charge is 2.33. The van der Waals surface area contributed by atoms with E-state index in [0.717, 1.165) is 5.56 Å². The SMILES string of the molecule is CC(=O)CCc1ccc(OCC(=O)N2CCN(S(=O)(=O)c3c(Cl)cccc3Cl)CC2)cc1. The van der Waals surface area contributed by atoms with Crippen LogP contribution in [-0.2, 0) is 26.0 Å². The van der Waals surface area contributed by atoms with Crippen molar-refractivity contribution in [2.75, 3.05) is 32.8 Å². The van der Waals surface area contributed by atoms with Gasteiger partial charge in [0.1, 0.15) is 16.4 Å². The Balaban J connectivity index is 1.52. The van der Waals surface area contributed by atoms with Crippen molar-refractivity contribution in [2.45, 2.75) is 24.7 Å². The number of Topliss-reactive ketones (excluding diaryl/α,β-unsaturated/α-hetero) is 1. The van der Waals surface area contributed by atoms with Crippen LogP contribution in [-0.4, -0.2) is 62.1 Å². The molecule has 0 saturated carbocycles. The molecule has 0 radical (unpaired) electrons. The van der Waals surface area contributed by atoms with Crippen LogP contribution >= 0.6 is 23.2 Å². The quantitative estimate of drug-likeness (QED) is 0.556. The third-order valence-corrected chi connectivity index (χ3v) is 8.01. The lowest BCUT2D eigenvalue weighted by Gasteiger charge is -2.34. The maximum Gasteiger partial charge on any atom is 0.260 e. The number of aryl methyl sites for hydroxylation is 1. The predicted molar refractivity (Wildman–Crippen MR) is 123 cm³/mol. The van der Waals surface area contributed by atoms with Crippen LogP contribution in [0.15, 0.2) is 47.4 Å². The lowest BCUT2D eigenvalue weighted by atomic mass is 10.1. The second-order valence-electron chi connectivity index (χ2n) is 7.47. The van der Waals surface area contributed by atoms with Crippen molar-refractivity contribution in [2.24, 2.45) is 0 Å². The van der Waals surface area contributed by atoms with Crippen molar-refractivity contribution in [3.63, 3.8) is 0 Å². The molecule has 2 aromatic carbocycles. The van der Waals surface area contributed by atoms with E-state index in [1.165, 1.54) is 16.4 Å². The van der Waals surface area contributed by atoms with Gasteiger partial charge in [-0.25, -0.2) is 8.42 Å². The number of benzene rings is 2. The molecule has 0 atom stereocenters. The summed E-state index contributed by atoms with van der Waals surface area (Å²) < 4.78 is 32.7. The van der Waals surface area contributed by atoms with Gasteiger partial charge in [-0.2, -0.15) is 4.31 Å². The van der Waals surface area contributed by atoms with E-state index in [1.807, 2.05) is 12.1 Å². The summed E-state index contributed by atoms with van der Waals surface area (Å²) in [5.41, 5.74) is 1.02. The van der Waals surface area contributed by atoms with Crippen molar-refractivity contribution in [1.82, 2.24) is 9.21 Å². The number of ether oxygens (including phenoxy) is 1. The molecule has 10 heteroatoms. The molecule has 0 N–H and O–H groups in total. The number of carbonyl (C=O) groups excluding carboxylic acids is 2. The van der Waals surface area contributed by atoms with Crippen LogP contribution in [0, 0.1) is 0 Å². The Morgan fingerprint density at radius 2 is 1.56 bits per heavy atom. The summed E-state index contributed by atoms with van der Waals surface area (Å²) >= 11 is 12.1. The third kappa shape index (κ3) is 6.01. The number of hydrogen-bond acceptors (Lipinski definition) is 5. The number of hydrogen-bond donors (Lipinski definition) is 0. The summed E-state index contributed by atoms with van der Waals surface area (Å²) in [6, 6.07) is 11.8. The number of sulfonamides is 1. The van der Waals surface area contributed by atoms with Crippen molar-refractivity contribution >= 4 is 44.9 Å². The molecule has 1 fully saturated rings. The minimum absolute atomic E-state index is 0.0664. The van der Waals surface area contributed by atoms with E-state index >= 15 is 0 Å². The molecular weight excluding hydrogens is 475 g/mol. The van der Waals surface area contributed by atoms with E-state index < -0.39 is 10.0 Å². The van der Waals surface area contributed by atoms with E-state index in [4.69, 9.17) is 27.9 Å². The van der Waals surface area contributed by atoms with Gasteiger partial charge in [-0.15, -0.1) is 0 Å². The minimum Gasteiger partial charge on any atom is -0.484 e. The number of amides is 1. The Morgan fingerprint density at radius 1 is 0.969 bits per heavy atom. The maximum atomic E-state index is 12.9. The topological polar surface area (TPSA) is 84.0 Å². The Kier molecular flexibility index (Phi) is 8.16. The lowest BCUT2D eigenvalue weighted by molar-refractivity contribution is -0.134. The van der Waals surface area contributed by atoms with E-state index in [0.29, 0.717) is 18.6 Å². The smallest absolute Gasteiger partial charge is 0.260 e. The molecule has 0 unspecified atom stereocenters. The lowest BCUT2D eigenvalue weighted by Crippen LogP contribution is -2.51. The fourth-order valence-corrected chi connectivity index (χ4v) is 5.86.